The van der Waals surface area contributed by atoms with Gasteiger partial charge in [-0.1, -0.05) is 25.1 Å². The molecule has 3 aromatic rings. The Kier molecular flexibility index (Phi) is 4.51. The first-order valence-electron chi connectivity index (χ1n) is 7.53. The van der Waals surface area contributed by atoms with Crippen molar-refractivity contribution in [3.63, 3.8) is 0 Å². The van der Waals surface area contributed by atoms with Crippen molar-refractivity contribution in [2.24, 2.45) is 0 Å². The van der Waals surface area contributed by atoms with Crippen molar-refractivity contribution < 1.29 is 9.53 Å². The number of aryl methyl sites for hydroxylation is 1. The molecule has 0 unspecified atom stereocenters. The van der Waals surface area contributed by atoms with E-state index in [4.69, 9.17) is 4.74 Å². The highest BCUT2D eigenvalue weighted by Gasteiger charge is 2.13. The largest absolute Gasteiger partial charge is 0.494 e. The van der Waals surface area contributed by atoms with Gasteiger partial charge in [-0.05, 0) is 46.7 Å². The molecule has 0 aliphatic carbocycles. The average Bonchev–Trinajstić information content (AvgIpc) is 3.16. The van der Waals surface area contributed by atoms with E-state index in [2.05, 4.69) is 27.8 Å². The first-order chi connectivity index (χ1) is 11.7. The molecule has 1 aromatic heterocycles. The van der Waals surface area contributed by atoms with Crippen LogP contribution in [0, 0.1) is 0 Å². The Morgan fingerprint density at radius 3 is 2.79 bits per heavy atom. The SMILES string of the molecule is CCc1ccccc1NC(=O)c1ccc(-n2cnnn2)c(OC)c1. The van der Waals surface area contributed by atoms with Gasteiger partial charge < -0.3 is 10.1 Å². The second-order valence-electron chi connectivity index (χ2n) is 5.11. The lowest BCUT2D eigenvalue weighted by atomic mass is 10.1. The van der Waals surface area contributed by atoms with Crippen molar-refractivity contribution in [1.29, 1.82) is 0 Å². The Morgan fingerprint density at radius 2 is 2.08 bits per heavy atom. The summed E-state index contributed by atoms with van der Waals surface area (Å²) in [6.07, 6.45) is 2.31. The highest BCUT2D eigenvalue weighted by molar-refractivity contribution is 6.05. The average molecular weight is 323 g/mol. The number of rotatable bonds is 5. The number of carbonyl (C=O) groups excluding carboxylic acids is 1. The minimum atomic E-state index is -0.197. The Morgan fingerprint density at radius 1 is 1.25 bits per heavy atom. The van der Waals surface area contributed by atoms with Crippen LogP contribution in [0.15, 0.2) is 48.8 Å². The van der Waals surface area contributed by atoms with Crippen LogP contribution in [0.4, 0.5) is 5.69 Å². The standard InChI is InChI=1S/C17H17N5O2/c1-3-12-6-4-5-7-14(12)19-17(23)13-8-9-15(16(10-13)24-2)22-11-18-20-21-22/h4-11H,3H2,1-2H3,(H,19,23). The lowest BCUT2D eigenvalue weighted by Gasteiger charge is -2.12. The van der Waals surface area contributed by atoms with Gasteiger partial charge in [0.15, 0.2) is 0 Å². The summed E-state index contributed by atoms with van der Waals surface area (Å²) in [5.74, 6) is 0.316. The maximum atomic E-state index is 12.5. The molecule has 24 heavy (non-hydrogen) atoms. The molecule has 1 N–H and O–H groups in total. The van der Waals surface area contributed by atoms with E-state index in [9.17, 15) is 4.79 Å². The number of carbonyl (C=O) groups is 1. The van der Waals surface area contributed by atoms with E-state index >= 15 is 0 Å². The van der Waals surface area contributed by atoms with E-state index in [0.29, 0.717) is 17.0 Å². The molecule has 0 spiro atoms. The molecule has 7 nitrogen and oxygen atoms in total. The summed E-state index contributed by atoms with van der Waals surface area (Å²) in [5.41, 5.74) is 3.05. The fraction of sp³-hybridized carbons (Fsp3) is 0.176. The highest BCUT2D eigenvalue weighted by atomic mass is 16.5. The molecule has 7 heteroatoms. The van der Waals surface area contributed by atoms with Crippen LogP contribution in [0.5, 0.6) is 5.75 Å². The first-order valence-corrected chi connectivity index (χ1v) is 7.53. The van der Waals surface area contributed by atoms with Gasteiger partial charge in [-0.3, -0.25) is 4.79 Å². The van der Waals surface area contributed by atoms with Gasteiger partial charge in [-0.15, -0.1) is 5.10 Å². The Labute approximate surface area is 139 Å². The van der Waals surface area contributed by atoms with Crippen molar-refractivity contribution >= 4 is 11.6 Å². The number of ether oxygens (including phenoxy) is 1. The smallest absolute Gasteiger partial charge is 0.255 e. The topological polar surface area (TPSA) is 81.9 Å². The van der Waals surface area contributed by atoms with E-state index in [0.717, 1.165) is 17.7 Å². The molecule has 0 fully saturated rings. The summed E-state index contributed by atoms with van der Waals surface area (Å²) >= 11 is 0. The van der Waals surface area contributed by atoms with Gasteiger partial charge in [0, 0.05) is 11.3 Å². The second-order valence-corrected chi connectivity index (χ2v) is 5.11. The predicted octanol–water partition coefficient (Wildman–Crippen LogP) is 2.49. The maximum Gasteiger partial charge on any atom is 0.255 e. The van der Waals surface area contributed by atoms with Crippen LogP contribution in [0.3, 0.4) is 0 Å². The van der Waals surface area contributed by atoms with Gasteiger partial charge in [0.05, 0.1) is 7.11 Å². The summed E-state index contributed by atoms with van der Waals surface area (Å²) in [4.78, 5) is 12.5. The van der Waals surface area contributed by atoms with Crippen LogP contribution in [0.25, 0.3) is 5.69 Å². The molecule has 0 aliphatic rings. The van der Waals surface area contributed by atoms with Crippen molar-refractivity contribution in [1.82, 2.24) is 20.2 Å². The number of para-hydroxylation sites is 1. The molecule has 0 radical (unpaired) electrons. The zero-order valence-electron chi connectivity index (χ0n) is 13.4. The van der Waals surface area contributed by atoms with Crippen LogP contribution >= 0.6 is 0 Å². The Bertz CT molecular complexity index is 846. The number of aromatic nitrogens is 4. The number of anilines is 1. The molecule has 1 amide bonds. The summed E-state index contributed by atoms with van der Waals surface area (Å²) in [5, 5.41) is 14.0. The van der Waals surface area contributed by atoms with Crippen LogP contribution < -0.4 is 10.1 Å². The minimum absolute atomic E-state index is 0.197. The predicted molar refractivity (Wildman–Crippen MR) is 89.5 cm³/mol. The van der Waals surface area contributed by atoms with Crippen molar-refractivity contribution in [2.45, 2.75) is 13.3 Å². The normalized spacial score (nSPS) is 10.4. The monoisotopic (exact) mass is 323 g/mol. The molecular weight excluding hydrogens is 306 g/mol. The Balaban J connectivity index is 1.88. The molecule has 0 atom stereocenters. The zero-order valence-corrected chi connectivity index (χ0v) is 13.4. The lowest BCUT2D eigenvalue weighted by molar-refractivity contribution is 0.102. The number of benzene rings is 2. The summed E-state index contributed by atoms with van der Waals surface area (Å²) in [6, 6.07) is 12.9. The fourth-order valence-corrected chi connectivity index (χ4v) is 2.42. The van der Waals surface area contributed by atoms with E-state index < -0.39 is 0 Å². The number of hydrogen-bond donors (Lipinski definition) is 1. The van der Waals surface area contributed by atoms with Crippen molar-refractivity contribution in [3.8, 4) is 11.4 Å². The van der Waals surface area contributed by atoms with Gasteiger partial charge in [-0.2, -0.15) is 4.68 Å². The van der Waals surface area contributed by atoms with Gasteiger partial charge >= 0.3 is 0 Å². The number of hydrogen-bond acceptors (Lipinski definition) is 5. The number of amides is 1. The second kappa shape index (κ2) is 6.91. The van der Waals surface area contributed by atoms with Crippen molar-refractivity contribution in [2.75, 3.05) is 12.4 Å². The third-order valence-electron chi connectivity index (χ3n) is 3.68. The summed E-state index contributed by atoms with van der Waals surface area (Å²) in [6.45, 7) is 2.05. The Hall–Kier alpha value is -3.22. The van der Waals surface area contributed by atoms with Crippen LogP contribution in [-0.2, 0) is 6.42 Å². The molecule has 122 valence electrons. The van der Waals surface area contributed by atoms with E-state index in [1.165, 1.54) is 18.1 Å². The van der Waals surface area contributed by atoms with Crippen molar-refractivity contribution in [3.05, 3.63) is 59.9 Å². The van der Waals surface area contributed by atoms with Gasteiger partial charge in [0.2, 0.25) is 0 Å². The molecule has 3 rings (SSSR count). The van der Waals surface area contributed by atoms with Gasteiger partial charge in [-0.25, -0.2) is 0 Å². The number of methoxy groups -OCH3 is 1. The summed E-state index contributed by atoms with van der Waals surface area (Å²) < 4.78 is 6.84. The van der Waals surface area contributed by atoms with Crippen LogP contribution in [0.2, 0.25) is 0 Å². The van der Waals surface area contributed by atoms with Crippen LogP contribution in [-0.4, -0.2) is 33.2 Å². The van der Waals surface area contributed by atoms with Crippen LogP contribution in [0.1, 0.15) is 22.8 Å². The number of nitrogens with one attached hydrogen (secondary N) is 1. The van der Waals surface area contributed by atoms with Gasteiger partial charge in [0.25, 0.3) is 5.91 Å². The zero-order chi connectivity index (χ0) is 16.9. The molecule has 0 saturated carbocycles. The fourth-order valence-electron chi connectivity index (χ4n) is 2.42. The molecule has 0 saturated heterocycles. The minimum Gasteiger partial charge on any atom is -0.494 e. The highest BCUT2D eigenvalue weighted by Crippen LogP contribution is 2.24. The lowest BCUT2D eigenvalue weighted by Crippen LogP contribution is -2.13. The maximum absolute atomic E-state index is 12.5. The number of tetrazole rings is 1. The number of nitrogens with zero attached hydrogens (tertiary/aromatic N) is 4. The molecule has 1 heterocycles. The quantitative estimate of drug-likeness (QED) is 0.780. The van der Waals surface area contributed by atoms with Gasteiger partial charge in [0.1, 0.15) is 17.8 Å². The first kappa shape index (κ1) is 15.7. The molecule has 2 aromatic carbocycles. The van der Waals surface area contributed by atoms with E-state index in [1.807, 2.05) is 24.3 Å². The molecule has 0 bridgehead atoms. The third kappa shape index (κ3) is 3.10. The third-order valence-corrected chi connectivity index (χ3v) is 3.68. The summed E-state index contributed by atoms with van der Waals surface area (Å²) in [7, 11) is 1.54. The van der Waals surface area contributed by atoms with E-state index in [1.54, 1.807) is 18.2 Å². The van der Waals surface area contributed by atoms with E-state index in [-0.39, 0.29) is 5.91 Å². The molecular formula is C17H17N5O2. The molecule has 0 aliphatic heterocycles.